The number of thioether (sulfide) groups is 1. The first kappa shape index (κ1) is 38.2. The molecule has 51 heavy (non-hydrogen) atoms. The van der Waals surface area contributed by atoms with Gasteiger partial charge in [0.2, 0.25) is 5.91 Å². The average molecular weight is 752 g/mol. The Morgan fingerprint density at radius 1 is 0.941 bits per heavy atom. The minimum Gasteiger partial charge on any atom is -0.379 e. The summed E-state index contributed by atoms with van der Waals surface area (Å²) in [6, 6.07) is 22.2. The molecule has 5 aromatic rings. The summed E-state index contributed by atoms with van der Waals surface area (Å²) in [6.07, 6.45) is 6.50. The molecule has 0 atom stereocenters. The van der Waals surface area contributed by atoms with Crippen LogP contribution in [0, 0.1) is 5.82 Å². The van der Waals surface area contributed by atoms with Crippen LogP contribution in [-0.2, 0) is 41.8 Å². The van der Waals surface area contributed by atoms with Gasteiger partial charge in [-0.25, -0.2) is 4.39 Å². The standard InChI is InChI=1S/C38H40ClFN6O3S.ClH/c1-43-23-30(22-41-43)21-33-25-46(38(42-37(33)48)50-27-29-5-13-35(40)14-6-29)26-36(47)45(16-2-15-44-17-19-49-20-18-44)24-28-3-7-31(8-4-28)32-9-11-34(39)12-10-32;/h3-14,22-23,25H,2,15-21,24,26-27H2,1H3;1H. The van der Waals surface area contributed by atoms with E-state index >= 15 is 0 Å². The molecule has 0 aliphatic carbocycles. The molecule has 268 valence electrons. The van der Waals surface area contributed by atoms with E-state index < -0.39 is 0 Å². The van der Waals surface area contributed by atoms with Gasteiger partial charge < -0.3 is 14.2 Å². The number of rotatable bonds is 14. The number of carbonyl (C=O) groups is 1. The summed E-state index contributed by atoms with van der Waals surface area (Å²) in [7, 11) is 1.83. The van der Waals surface area contributed by atoms with Gasteiger partial charge in [0.05, 0.1) is 19.4 Å². The number of halogens is 3. The number of morpholine rings is 1. The molecule has 1 aliphatic heterocycles. The second-order valence-electron chi connectivity index (χ2n) is 12.4. The fourth-order valence-electron chi connectivity index (χ4n) is 5.90. The molecule has 0 unspecified atom stereocenters. The van der Waals surface area contributed by atoms with Crippen molar-refractivity contribution >= 4 is 41.7 Å². The Bertz CT molecular complexity index is 1930. The predicted octanol–water partition coefficient (Wildman–Crippen LogP) is 6.49. The topological polar surface area (TPSA) is 85.5 Å². The lowest BCUT2D eigenvalue weighted by atomic mass is 10.0. The molecule has 2 aromatic heterocycles. The van der Waals surface area contributed by atoms with Crippen molar-refractivity contribution in [3.8, 4) is 11.1 Å². The fraction of sp³-hybridized carbons (Fsp3) is 0.316. The number of benzene rings is 3. The monoisotopic (exact) mass is 750 g/mol. The quantitative estimate of drug-likeness (QED) is 0.0948. The zero-order valence-electron chi connectivity index (χ0n) is 28.4. The van der Waals surface area contributed by atoms with E-state index in [9.17, 15) is 14.0 Å². The Hall–Kier alpha value is -4.00. The molecular formula is C38H41Cl2FN6O3S. The van der Waals surface area contributed by atoms with Crippen molar-refractivity contribution in [2.24, 2.45) is 7.05 Å². The van der Waals surface area contributed by atoms with Crippen LogP contribution in [0.1, 0.15) is 28.7 Å². The van der Waals surface area contributed by atoms with Crippen molar-refractivity contribution in [2.45, 2.75) is 36.8 Å². The highest BCUT2D eigenvalue weighted by Crippen LogP contribution is 2.24. The van der Waals surface area contributed by atoms with E-state index in [2.05, 4.69) is 39.2 Å². The second kappa shape index (κ2) is 18.5. The molecule has 0 radical (unpaired) electrons. The van der Waals surface area contributed by atoms with Crippen LogP contribution in [0.15, 0.2) is 101 Å². The van der Waals surface area contributed by atoms with Gasteiger partial charge in [-0.05, 0) is 58.5 Å². The first-order valence-corrected chi connectivity index (χ1v) is 18.0. The Balaban J connectivity index is 0.00000504. The number of hydrogen-bond donors (Lipinski definition) is 0. The van der Waals surface area contributed by atoms with E-state index in [0.717, 1.165) is 67.1 Å². The van der Waals surface area contributed by atoms with Crippen molar-refractivity contribution in [1.29, 1.82) is 0 Å². The fourth-order valence-corrected chi connectivity index (χ4v) is 6.94. The summed E-state index contributed by atoms with van der Waals surface area (Å²) in [5.41, 5.74) is 5.05. The van der Waals surface area contributed by atoms with E-state index in [-0.39, 0.29) is 36.2 Å². The average Bonchev–Trinajstić information content (AvgIpc) is 3.54. The number of nitrogens with zero attached hydrogens (tertiary/aromatic N) is 6. The Kier molecular flexibility index (Phi) is 13.9. The molecule has 0 bridgehead atoms. The highest BCUT2D eigenvalue weighted by molar-refractivity contribution is 7.98. The third-order valence-corrected chi connectivity index (χ3v) is 9.95. The number of ether oxygens (including phenoxy) is 1. The molecule has 6 rings (SSSR count). The lowest BCUT2D eigenvalue weighted by Crippen LogP contribution is -2.39. The molecule has 13 heteroatoms. The van der Waals surface area contributed by atoms with Gasteiger partial charge in [0.1, 0.15) is 12.4 Å². The van der Waals surface area contributed by atoms with Crippen LogP contribution in [0.5, 0.6) is 0 Å². The number of carbonyl (C=O) groups excluding carboxylic acids is 1. The normalized spacial score (nSPS) is 13.2. The molecule has 9 nitrogen and oxygen atoms in total. The first-order chi connectivity index (χ1) is 24.3. The van der Waals surface area contributed by atoms with E-state index in [4.69, 9.17) is 16.3 Å². The van der Waals surface area contributed by atoms with Crippen molar-refractivity contribution < 1.29 is 13.9 Å². The second-order valence-corrected chi connectivity index (χ2v) is 13.8. The number of aryl methyl sites for hydroxylation is 1. The summed E-state index contributed by atoms with van der Waals surface area (Å²) in [5, 5.41) is 5.36. The van der Waals surface area contributed by atoms with Gasteiger partial charge in [-0.3, -0.25) is 19.2 Å². The van der Waals surface area contributed by atoms with E-state index in [1.807, 2.05) is 42.4 Å². The van der Waals surface area contributed by atoms with Crippen LogP contribution < -0.4 is 5.56 Å². The minimum absolute atomic E-state index is 0. The minimum atomic E-state index is -0.345. The van der Waals surface area contributed by atoms with Crippen LogP contribution in [0.3, 0.4) is 0 Å². The summed E-state index contributed by atoms with van der Waals surface area (Å²) in [4.78, 5) is 36.2. The first-order valence-electron chi connectivity index (χ1n) is 16.7. The lowest BCUT2D eigenvalue weighted by molar-refractivity contribution is -0.132. The summed E-state index contributed by atoms with van der Waals surface area (Å²) < 4.78 is 22.5. The predicted molar refractivity (Wildman–Crippen MR) is 202 cm³/mol. The largest absolute Gasteiger partial charge is 0.379 e. The highest BCUT2D eigenvalue weighted by atomic mass is 35.5. The molecule has 3 aromatic carbocycles. The molecule has 1 amide bonds. The molecule has 0 spiro atoms. The van der Waals surface area contributed by atoms with E-state index in [1.165, 1.54) is 23.9 Å². The summed E-state index contributed by atoms with van der Waals surface area (Å²) >= 11 is 7.44. The molecule has 3 heterocycles. The maximum atomic E-state index is 14.2. The van der Waals surface area contributed by atoms with Crippen molar-refractivity contribution in [1.82, 2.24) is 29.1 Å². The SMILES string of the molecule is Cl.Cn1cc(Cc2cn(CC(=O)N(CCCN3CCOCC3)Cc3ccc(-c4ccc(Cl)cc4)cc3)c(SCc3ccc(F)cc3)nc2=O)cn1. The third kappa shape index (κ3) is 11.0. The van der Waals surface area contributed by atoms with Crippen LogP contribution in [0.4, 0.5) is 4.39 Å². The summed E-state index contributed by atoms with van der Waals surface area (Å²) in [6.45, 7) is 5.12. The Morgan fingerprint density at radius 3 is 2.27 bits per heavy atom. The molecular weight excluding hydrogens is 710 g/mol. The van der Waals surface area contributed by atoms with Crippen molar-refractivity contribution in [3.63, 3.8) is 0 Å². The molecule has 0 N–H and O–H groups in total. The van der Waals surface area contributed by atoms with Crippen molar-refractivity contribution in [3.05, 3.63) is 135 Å². The number of hydrogen-bond acceptors (Lipinski definition) is 7. The molecule has 1 fully saturated rings. The lowest BCUT2D eigenvalue weighted by Gasteiger charge is -2.29. The number of aromatic nitrogens is 4. The van der Waals surface area contributed by atoms with Gasteiger partial charge in [-0.1, -0.05) is 71.9 Å². The van der Waals surface area contributed by atoms with Crippen LogP contribution >= 0.6 is 35.8 Å². The van der Waals surface area contributed by atoms with E-state index in [1.54, 1.807) is 33.8 Å². The maximum absolute atomic E-state index is 14.2. The van der Waals surface area contributed by atoms with Gasteiger partial charge in [0.25, 0.3) is 5.56 Å². The van der Waals surface area contributed by atoms with Crippen LogP contribution in [0.2, 0.25) is 5.02 Å². The van der Waals surface area contributed by atoms with E-state index in [0.29, 0.717) is 41.0 Å². The molecule has 1 aliphatic rings. The summed E-state index contributed by atoms with van der Waals surface area (Å²) in [5.74, 6) is 0.0779. The molecule has 1 saturated heterocycles. The Morgan fingerprint density at radius 2 is 1.61 bits per heavy atom. The van der Waals surface area contributed by atoms with Crippen molar-refractivity contribution in [2.75, 3.05) is 39.4 Å². The third-order valence-electron chi connectivity index (χ3n) is 8.63. The zero-order chi connectivity index (χ0) is 34.9. The van der Waals surface area contributed by atoms with Gasteiger partial charge in [-0.2, -0.15) is 10.1 Å². The molecule has 0 saturated carbocycles. The van der Waals surface area contributed by atoms with Gasteiger partial charge in [0.15, 0.2) is 5.16 Å². The Labute approximate surface area is 312 Å². The van der Waals surface area contributed by atoms with Crippen LogP contribution in [0.25, 0.3) is 11.1 Å². The smallest absolute Gasteiger partial charge is 0.277 e. The maximum Gasteiger partial charge on any atom is 0.277 e. The number of amides is 1. The highest BCUT2D eigenvalue weighted by Gasteiger charge is 2.20. The van der Waals surface area contributed by atoms with Gasteiger partial charge >= 0.3 is 0 Å². The van der Waals surface area contributed by atoms with Gasteiger partial charge in [-0.15, -0.1) is 12.4 Å². The van der Waals surface area contributed by atoms with Crippen LogP contribution in [-0.4, -0.2) is 74.4 Å². The zero-order valence-corrected chi connectivity index (χ0v) is 30.8. The van der Waals surface area contributed by atoms with Gasteiger partial charge in [0, 0.05) is 74.9 Å².